The van der Waals surface area contributed by atoms with Crippen molar-refractivity contribution in [2.75, 3.05) is 7.11 Å². The molecule has 2 aromatic rings. The second-order valence-electron chi connectivity index (χ2n) is 4.51. The molecule has 1 aromatic carbocycles. The average Bonchev–Trinajstić information content (AvgIpc) is 2.47. The van der Waals surface area contributed by atoms with Crippen molar-refractivity contribution < 1.29 is 9.53 Å². The van der Waals surface area contributed by atoms with Gasteiger partial charge in [0.25, 0.3) is 0 Å². The van der Waals surface area contributed by atoms with Gasteiger partial charge in [-0.05, 0) is 12.5 Å². The molecular weight excluding hydrogens is 238 g/mol. The molecule has 1 atom stereocenters. The number of benzene rings is 1. The summed E-state index contributed by atoms with van der Waals surface area (Å²) in [7, 11) is 1.59. The van der Waals surface area contributed by atoms with Crippen molar-refractivity contribution >= 4 is 5.78 Å². The summed E-state index contributed by atoms with van der Waals surface area (Å²) in [5, 5.41) is 0. The van der Waals surface area contributed by atoms with Crippen molar-refractivity contribution in [1.82, 2.24) is 4.98 Å². The first-order valence-electron chi connectivity index (χ1n) is 6.30. The van der Waals surface area contributed by atoms with Gasteiger partial charge in [0.2, 0.25) is 5.88 Å². The van der Waals surface area contributed by atoms with Crippen molar-refractivity contribution in [3.8, 4) is 5.88 Å². The van der Waals surface area contributed by atoms with Crippen molar-refractivity contribution in [1.29, 1.82) is 0 Å². The maximum absolute atomic E-state index is 12.2. The van der Waals surface area contributed by atoms with Crippen molar-refractivity contribution in [2.45, 2.75) is 13.3 Å². The molecule has 0 radical (unpaired) electrons. The Morgan fingerprint density at radius 1 is 1.16 bits per heavy atom. The highest BCUT2D eigenvalue weighted by atomic mass is 16.5. The van der Waals surface area contributed by atoms with Crippen LogP contribution in [-0.4, -0.2) is 17.9 Å². The van der Waals surface area contributed by atoms with E-state index in [-0.39, 0.29) is 11.7 Å². The number of methoxy groups -OCH3 is 1. The second kappa shape index (κ2) is 6.14. The van der Waals surface area contributed by atoms with Crippen LogP contribution in [0.15, 0.2) is 48.5 Å². The molecule has 0 spiro atoms. The molecule has 0 amide bonds. The van der Waals surface area contributed by atoms with Gasteiger partial charge in [0, 0.05) is 23.2 Å². The second-order valence-corrected chi connectivity index (χ2v) is 4.51. The van der Waals surface area contributed by atoms with Gasteiger partial charge in [-0.1, -0.05) is 43.3 Å². The van der Waals surface area contributed by atoms with E-state index in [9.17, 15) is 4.79 Å². The summed E-state index contributed by atoms with van der Waals surface area (Å²) in [5.74, 6) is 0.629. The molecule has 19 heavy (non-hydrogen) atoms. The van der Waals surface area contributed by atoms with Gasteiger partial charge >= 0.3 is 0 Å². The highest BCUT2D eigenvalue weighted by Gasteiger charge is 2.16. The summed E-state index contributed by atoms with van der Waals surface area (Å²) < 4.78 is 5.09. The van der Waals surface area contributed by atoms with Crippen LogP contribution in [-0.2, 0) is 6.42 Å². The first kappa shape index (κ1) is 13.3. The Balaban J connectivity index is 2.08. The number of hydrogen-bond donors (Lipinski definition) is 0. The molecule has 0 aliphatic heterocycles. The van der Waals surface area contributed by atoms with Crippen LogP contribution in [0.1, 0.15) is 23.0 Å². The van der Waals surface area contributed by atoms with Crippen LogP contribution in [0, 0.1) is 5.92 Å². The van der Waals surface area contributed by atoms with Crippen molar-refractivity contribution in [2.24, 2.45) is 5.92 Å². The van der Waals surface area contributed by atoms with E-state index in [1.54, 1.807) is 13.2 Å². The van der Waals surface area contributed by atoms with Crippen molar-refractivity contribution in [3.63, 3.8) is 0 Å². The average molecular weight is 255 g/mol. The zero-order valence-corrected chi connectivity index (χ0v) is 11.2. The zero-order chi connectivity index (χ0) is 13.7. The van der Waals surface area contributed by atoms with Gasteiger partial charge < -0.3 is 4.74 Å². The summed E-state index contributed by atoms with van der Waals surface area (Å²) in [6.07, 6.45) is 0.616. The highest BCUT2D eigenvalue weighted by molar-refractivity contribution is 5.97. The van der Waals surface area contributed by atoms with Crippen LogP contribution in [0.5, 0.6) is 5.88 Å². The van der Waals surface area contributed by atoms with Crippen LogP contribution in [0.3, 0.4) is 0 Å². The lowest BCUT2D eigenvalue weighted by atomic mass is 9.95. The van der Waals surface area contributed by atoms with E-state index in [0.29, 0.717) is 12.3 Å². The Bertz CT molecular complexity index is 552. The molecular formula is C16H17NO2. The molecule has 98 valence electrons. The molecule has 3 heteroatoms. The number of pyridine rings is 1. The van der Waals surface area contributed by atoms with Gasteiger partial charge in [0.1, 0.15) is 0 Å². The van der Waals surface area contributed by atoms with E-state index in [1.807, 2.05) is 49.4 Å². The monoisotopic (exact) mass is 255 g/mol. The van der Waals surface area contributed by atoms with Crippen LogP contribution in [0.25, 0.3) is 0 Å². The minimum atomic E-state index is -0.0954. The van der Waals surface area contributed by atoms with E-state index in [0.717, 1.165) is 11.3 Å². The van der Waals surface area contributed by atoms with Gasteiger partial charge in [-0.25, -0.2) is 4.98 Å². The Hall–Kier alpha value is -2.16. The van der Waals surface area contributed by atoms with Gasteiger partial charge in [-0.15, -0.1) is 0 Å². The lowest BCUT2D eigenvalue weighted by Gasteiger charge is -2.10. The van der Waals surface area contributed by atoms with Gasteiger partial charge in [0.05, 0.1) is 7.11 Å². The molecule has 0 aliphatic rings. The number of rotatable bonds is 5. The van der Waals surface area contributed by atoms with Crippen LogP contribution >= 0.6 is 0 Å². The summed E-state index contributed by atoms with van der Waals surface area (Å²) in [6, 6.07) is 15.0. The van der Waals surface area contributed by atoms with Crippen LogP contribution in [0.4, 0.5) is 0 Å². The first-order valence-corrected chi connectivity index (χ1v) is 6.30. The van der Waals surface area contributed by atoms with E-state index >= 15 is 0 Å². The maximum Gasteiger partial charge on any atom is 0.213 e. The molecule has 0 bridgehead atoms. The van der Waals surface area contributed by atoms with Crippen LogP contribution < -0.4 is 4.74 Å². The maximum atomic E-state index is 12.2. The van der Waals surface area contributed by atoms with Crippen molar-refractivity contribution in [3.05, 3.63) is 59.8 Å². The number of nitrogens with zero attached hydrogens (tertiary/aromatic N) is 1. The number of Topliss-reactive ketones (excluding diaryl/α,β-unsaturated/α-hetero) is 1. The Kier molecular flexibility index (Phi) is 4.29. The SMILES string of the molecule is COc1cccc(CC(C)C(=O)c2ccccc2)n1. The summed E-state index contributed by atoms with van der Waals surface area (Å²) >= 11 is 0. The van der Waals surface area contributed by atoms with Gasteiger partial charge in [-0.3, -0.25) is 4.79 Å². The molecule has 0 fully saturated rings. The molecule has 0 saturated carbocycles. The van der Waals surface area contributed by atoms with E-state index in [2.05, 4.69) is 4.98 Å². The third-order valence-corrected chi connectivity index (χ3v) is 3.01. The third-order valence-electron chi connectivity index (χ3n) is 3.01. The third kappa shape index (κ3) is 3.41. The smallest absolute Gasteiger partial charge is 0.213 e. The molecule has 0 aliphatic carbocycles. The fraction of sp³-hybridized carbons (Fsp3) is 0.250. The quantitative estimate of drug-likeness (QED) is 0.770. The summed E-state index contributed by atoms with van der Waals surface area (Å²) in [4.78, 5) is 16.6. The first-order chi connectivity index (χ1) is 9.20. The normalized spacial score (nSPS) is 11.9. The summed E-state index contributed by atoms with van der Waals surface area (Å²) in [5.41, 5.74) is 1.62. The Morgan fingerprint density at radius 2 is 1.89 bits per heavy atom. The predicted octanol–water partition coefficient (Wildman–Crippen LogP) is 3.15. The zero-order valence-electron chi connectivity index (χ0n) is 11.2. The molecule has 1 aromatic heterocycles. The molecule has 1 heterocycles. The minimum absolute atomic E-state index is 0.0954. The van der Waals surface area contributed by atoms with Crippen LogP contribution in [0.2, 0.25) is 0 Å². The Morgan fingerprint density at radius 3 is 2.58 bits per heavy atom. The number of hydrogen-bond acceptors (Lipinski definition) is 3. The van der Waals surface area contributed by atoms with E-state index < -0.39 is 0 Å². The number of ether oxygens (including phenoxy) is 1. The lowest BCUT2D eigenvalue weighted by Crippen LogP contribution is -2.14. The molecule has 2 rings (SSSR count). The fourth-order valence-corrected chi connectivity index (χ4v) is 1.98. The van der Waals surface area contributed by atoms with E-state index in [4.69, 9.17) is 4.74 Å². The van der Waals surface area contributed by atoms with Gasteiger partial charge in [-0.2, -0.15) is 0 Å². The standard InChI is InChI=1S/C16H17NO2/c1-12(16(18)13-7-4-3-5-8-13)11-14-9-6-10-15(17-14)19-2/h3-10,12H,11H2,1-2H3. The predicted molar refractivity (Wildman–Crippen MR) is 74.4 cm³/mol. The molecule has 0 N–H and O–H groups in total. The number of aromatic nitrogens is 1. The Labute approximate surface area is 113 Å². The lowest BCUT2D eigenvalue weighted by molar-refractivity contribution is 0.0928. The molecule has 3 nitrogen and oxygen atoms in total. The summed E-state index contributed by atoms with van der Waals surface area (Å²) in [6.45, 7) is 1.93. The highest BCUT2D eigenvalue weighted by Crippen LogP contribution is 2.15. The number of carbonyl (C=O) groups is 1. The number of carbonyl (C=O) groups excluding carboxylic acids is 1. The van der Waals surface area contributed by atoms with Gasteiger partial charge in [0.15, 0.2) is 5.78 Å². The number of ketones is 1. The molecule has 1 unspecified atom stereocenters. The topological polar surface area (TPSA) is 39.2 Å². The molecule has 0 saturated heterocycles. The minimum Gasteiger partial charge on any atom is -0.481 e. The van der Waals surface area contributed by atoms with E-state index in [1.165, 1.54) is 0 Å². The fourth-order valence-electron chi connectivity index (χ4n) is 1.98. The largest absolute Gasteiger partial charge is 0.481 e.